The number of pyridine rings is 1. The zero-order valence-corrected chi connectivity index (χ0v) is 15.2. The van der Waals surface area contributed by atoms with Gasteiger partial charge in [-0.05, 0) is 30.3 Å². The van der Waals surface area contributed by atoms with Crippen LogP contribution in [0.2, 0.25) is 5.02 Å². The Labute approximate surface area is 153 Å². The van der Waals surface area contributed by atoms with Gasteiger partial charge in [0.25, 0.3) is 5.91 Å². The normalized spacial score (nSPS) is 15.2. The number of nitrogens with zero attached hydrogens (tertiary/aromatic N) is 3. The van der Waals surface area contributed by atoms with Gasteiger partial charge in [-0.1, -0.05) is 36.7 Å². The molecule has 0 atom stereocenters. The van der Waals surface area contributed by atoms with Gasteiger partial charge >= 0.3 is 0 Å². The smallest absolute Gasteiger partial charge is 0.272 e. The lowest BCUT2D eigenvalue weighted by molar-refractivity contribution is 0.0637. The third-order valence-electron chi connectivity index (χ3n) is 4.53. The van der Waals surface area contributed by atoms with Gasteiger partial charge in [0.2, 0.25) is 0 Å². The first-order valence-corrected chi connectivity index (χ1v) is 9.00. The zero-order valence-electron chi connectivity index (χ0n) is 14.4. The number of rotatable bonds is 5. The Morgan fingerprint density at radius 3 is 2.68 bits per heavy atom. The average Bonchev–Trinajstić information content (AvgIpc) is 2.67. The molecular weight excluding hydrogens is 336 g/mol. The summed E-state index contributed by atoms with van der Waals surface area (Å²) in [6.07, 6.45) is 1.67. The van der Waals surface area contributed by atoms with Gasteiger partial charge in [-0.25, -0.2) is 0 Å². The summed E-state index contributed by atoms with van der Waals surface area (Å²) in [4.78, 5) is 21.2. The van der Waals surface area contributed by atoms with Crippen LogP contribution in [-0.2, 0) is 6.54 Å². The third kappa shape index (κ3) is 4.50. The minimum Gasteiger partial charge on any atom is -0.381 e. The van der Waals surface area contributed by atoms with Gasteiger partial charge < -0.3 is 15.1 Å². The molecule has 1 amide bonds. The molecule has 132 valence electrons. The van der Waals surface area contributed by atoms with Crippen LogP contribution in [-0.4, -0.2) is 53.4 Å². The number of hydrogen-bond acceptors (Lipinski definition) is 4. The largest absolute Gasteiger partial charge is 0.381 e. The lowest BCUT2D eigenvalue weighted by Crippen LogP contribution is -2.48. The van der Waals surface area contributed by atoms with Gasteiger partial charge in [0.1, 0.15) is 5.69 Å². The fraction of sp³-hybridized carbons (Fsp3) is 0.368. The van der Waals surface area contributed by atoms with Crippen molar-refractivity contribution in [2.24, 2.45) is 0 Å². The molecule has 3 rings (SSSR count). The number of hydrogen-bond donors (Lipinski definition) is 1. The standard InChI is InChI=1S/C19H23ClN4O/c1-2-23-9-11-24(12-10-23)19(25)18-13-16(7-8-21-18)22-14-15-5-3-4-6-17(15)20/h3-8,13H,2,9-12,14H2,1H3,(H,21,22). The highest BCUT2D eigenvalue weighted by Crippen LogP contribution is 2.18. The van der Waals surface area contributed by atoms with Gasteiger partial charge in [-0.3, -0.25) is 9.78 Å². The van der Waals surface area contributed by atoms with E-state index in [1.165, 1.54) is 0 Å². The SMILES string of the molecule is CCN1CCN(C(=O)c2cc(NCc3ccccc3Cl)ccn2)CC1. The van der Waals surface area contributed by atoms with Crippen LogP contribution in [0.15, 0.2) is 42.6 Å². The fourth-order valence-corrected chi connectivity index (χ4v) is 3.13. The van der Waals surface area contributed by atoms with Crippen molar-refractivity contribution >= 4 is 23.2 Å². The van der Waals surface area contributed by atoms with Crippen molar-refractivity contribution < 1.29 is 4.79 Å². The molecule has 1 N–H and O–H groups in total. The molecule has 0 unspecified atom stereocenters. The number of benzene rings is 1. The molecule has 0 spiro atoms. The van der Waals surface area contributed by atoms with Crippen molar-refractivity contribution in [3.8, 4) is 0 Å². The van der Waals surface area contributed by atoms with Crippen LogP contribution in [0.1, 0.15) is 23.0 Å². The van der Waals surface area contributed by atoms with Crippen LogP contribution in [0.4, 0.5) is 5.69 Å². The Bertz CT molecular complexity index is 729. The monoisotopic (exact) mass is 358 g/mol. The van der Waals surface area contributed by atoms with Crippen LogP contribution in [0, 0.1) is 0 Å². The second-order valence-electron chi connectivity index (χ2n) is 6.10. The topological polar surface area (TPSA) is 48.5 Å². The van der Waals surface area contributed by atoms with E-state index in [-0.39, 0.29) is 5.91 Å². The molecule has 1 fully saturated rings. The molecule has 1 aromatic heterocycles. The van der Waals surface area contributed by atoms with E-state index in [2.05, 4.69) is 22.1 Å². The van der Waals surface area contributed by atoms with E-state index >= 15 is 0 Å². The summed E-state index contributed by atoms with van der Waals surface area (Å²) in [6.45, 7) is 7.14. The molecule has 25 heavy (non-hydrogen) atoms. The molecule has 0 bridgehead atoms. The molecule has 2 heterocycles. The second kappa shape index (κ2) is 8.32. The molecule has 5 nitrogen and oxygen atoms in total. The van der Waals surface area contributed by atoms with E-state index in [9.17, 15) is 4.79 Å². The number of halogens is 1. The van der Waals surface area contributed by atoms with E-state index in [1.54, 1.807) is 6.20 Å². The molecule has 0 radical (unpaired) electrons. The number of aromatic nitrogens is 1. The average molecular weight is 359 g/mol. The lowest BCUT2D eigenvalue weighted by atomic mass is 10.2. The van der Waals surface area contributed by atoms with Gasteiger partial charge in [0.05, 0.1) is 0 Å². The lowest BCUT2D eigenvalue weighted by Gasteiger charge is -2.33. The second-order valence-corrected chi connectivity index (χ2v) is 6.51. The van der Waals surface area contributed by atoms with Crippen molar-refractivity contribution in [1.82, 2.24) is 14.8 Å². The van der Waals surface area contributed by atoms with Crippen molar-refractivity contribution in [2.75, 3.05) is 38.0 Å². The molecule has 1 aromatic carbocycles. The molecule has 0 aliphatic carbocycles. The molecule has 1 aliphatic heterocycles. The van der Waals surface area contributed by atoms with E-state index in [1.807, 2.05) is 41.3 Å². The predicted octanol–water partition coefficient (Wildman–Crippen LogP) is 3.12. The van der Waals surface area contributed by atoms with Gasteiger partial charge in [0, 0.05) is 49.6 Å². The molecular formula is C19H23ClN4O. The number of piperazine rings is 1. The van der Waals surface area contributed by atoms with Crippen LogP contribution < -0.4 is 5.32 Å². The maximum Gasteiger partial charge on any atom is 0.272 e. The Morgan fingerprint density at radius 1 is 1.20 bits per heavy atom. The number of likely N-dealkylation sites (N-methyl/N-ethyl adjacent to an activating group) is 1. The maximum atomic E-state index is 12.7. The summed E-state index contributed by atoms with van der Waals surface area (Å²) in [5.74, 6) is -0.00264. The van der Waals surface area contributed by atoms with Crippen LogP contribution in [0.5, 0.6) is 0 Å². The summed E-state index contributed by atoms with van der Waals surface area (Å²) in [7, 11) is 0. The van der Waals surface area contributed by atoms with Crippen molar-refractivity contribution in [1.29, 1.82) is 0 Å². The quantitative estimate of drug-likeness (QED) is 0.892. The number of carbonyl (C=O) groups excluding carboxylic acids is 1. The zero-order chi connectivity index (χ0) is 17.6. The van der Waals surface area contributed by atoms with Crippen molar-refractivity contribution in [3.05, 3.63) is 58.9 Å². The Morgan fingerprint density at radius 2 is 1.96 bits per heavy atom. The Balaban J connectivity index is 1.63. The minimum atomic E-state index is -0.00264. The molecule has 2 aromatic rings. The number of amides is 1. The van der Waals surface area contributed by atoms with Crippen LogP contribution in [0.3, 0.4) is 0 Å². The molecule has 0 saturated carbocycles. The van der Waals surface area contributed by atoms with Crippen molar-refractivity contribution in [2.45, 2.75) is 13.5 Å². The highest BCUT2D eigenvalue weighted by Gasteiger charge is 2.22. The van der Waals surface area contributed by atoms with Gasteiger partial charge in [0.15, 0.2) is 0 Å². The first-order chi connectivity index (χ1) is 12.2. The maximum absolute atomic E-state index is 12.7. The number of anilines is 1. The first-order valence-electron chi connectivity index (χ1n) is 8.62. The summed E-state index contributed by atoms with van der Waals surface area (Å²) >= 11 is 6.18. The predicted molar refractivity (Wildman–Crippen MR) is 101 cm³/mol. The Kier molecular flexibility index (Phi) is 5.89. The molecule has 1 aliphatic rings. The summed E-state index contributed by atoms with van der Waals surface area (Å²) < 4.78 is 0. The summed E-state index contributed by atoms with van der Waals surface area (Å²) in [5.41, 5.74) is 2.36. The van der Waals surface area contributed by atoms with E-state index < -0.39 is 0 Å². The fourth-order valence-electron chi connectivity index (χ4n) is 2.93. The highest BCUT2D eigenvalue weighted by atomic mass is 35.5. The first kappa shape index (κ1) is 17.7. The molecule has 6 heteroatoms. The highest BCUT2D eigenvalue weighted by molar-refractivity contribution is 6.31. The third-order valence-corrected chi connectivity index (χ3v) is 4.90. The minimum absolute atomic E-state index is 0.00264. The van der Waals surface area contributed by atoms with Gasteiger partial charge in [-0.2, -0.15) is 0 Å². The van der Waals surface area contributed by atoms with Crippen LogP contribution in [0.25, 0.3) is 0 Å². The van der Waals surface area contributed by atoms with E-state index in [0.717, 1.165) is 49.0 Å². The van der Waals surface area contributed by atoms with Crippen molar-refractivity contribution in [3.63, 3.8) is 0 Å². The van der Waals surface area contributed by atoms with E-state index in [4.69, 9.17) is 11.6 Å². The summed E-state index contributed by atoms with van der Waals surface area (Å²) in [6, 6.07) is 11.4. The van der Waals surface area contributed by atoms with E-state index in [0.29, 0.717) is 12.2 Å². The van der Waals surface area contributed by atoms with Crippen LogP contribution >= 0.6 is 11.6 Å². The molecule has 1 saturated heterocycles. The summed E-state index contributed by atoms with van der Waals surface area (Å²) in [5, 5.41) is 4.04. The Hall–Kier alpha value is -2.11. The number of nitrogens with one attached hydrogen (secondary N) is 1. The van der Waals surface area contributed by atoms with Gasteiger partial charge in [-0.15, -0.1) is 0 Å². The number of carbonyl (C=O) groups is 1.